The molecular weight excluding hydrogens is 428 g/mol. The number of carbonyl (C=O) groups excluding carboxylic acids is 2. The number of hydrogen-bond acceptors (Lipinski definition) is 4. The highest BCUT2D eigenvalue weighted by Gasteiger charge is 2.44. The van der Waals surface area contributed by atoms with Crippen molar-refractivity contribution in [3.8, 4) is 0 Å². The van der Waals surface area contributed by atoms with Crippen LogP contribution >= 0.6 is 0 Å². The SMILES string of the molecule is CC1CN(C2=C(c3ccc(F)cc3)C(=O)N(c3cccc(C(F)(F)F)c3)C2=O)CC(C)O1. The summed E-state index contributed by atoms with van der Waals surface area (Å²) in [6.07, 6.45) is -5.09. The number of nitrogens with zero attached hydrogens (tertiary/aromatic N) is 2. The number of alkyl halides is 3. The van der Waals surface area contributed by atoms with Crippen molar-refractivity contribution in [3.05, 3.63) is 71.2 Å². The Hall–Kier alpha value is -3.20. The van der Waals surface area contributed by atoms with Crippen LogP contribution in [0.2, 0.25) is 0 Å². The van der Waals surface area contributed by atoms with E-state index in [0.29, 0.717) is 18.7 Å². The van der Waals surface area contributed by atoms with Crippen molar-refractivity contribution in [1.29, 1.82) is 0 Å². The summed E-state index contributed by atoms with van der Waals surface area (Å²) in [4.78, 5) is 29.3. The molecule has 2 unspecified atom stereocenters. The molecule has 32 heavy (non-hydrogen) atoms. The zero-order valence-corrected chi connectivity index (χ0v) is 17.3. The number of morpholine rings is 1. The third-order valence-corrected chi connectivity index (χ3v) is 5.36. The molecule has 2 aliphatic heterocycles. The van der Waals surface area contributed by atoms with Crippen molar-refractivity contribution in [2.45, 2.75) is 32.2 Å². The highest BCUT2D eigenvalue weighted by Crippen LogP contribution is 2.38. The lowest BCUT2D eigenvalue weighted by Gasteiger charge is -2.37. The Labute approximate surface area is 181 Å². The molecule has 2 amide bonds. The van der Waals surface area contributed by atoms with Crippen LogP contribution in [0.25, 0.3) is 5.57 Å². The lowest BCUT2D eigenvalue weighted by Crippen LogP contribution is -2.47. The minimum Gasteiger partial charge on any atom is -0.372 e. The molecule has 2 atom stereocenters. The summed E-state index contributed by atoms with van der Waals surface area (Å²) in [7, 11) is 0. The van der Waals surface area contributed by atoms with Crippen LogP contribution in [0.4, 0.5) is 23.2 Å². The average molecular weight is 448 g/mol. The summed E-state index contributed by atoms with van der Waals surface area (Å²) in [6.45, 7) is 4.29. The Morgan fingerprint density at radius 2 is 1.56 bits per heavy atom. The van der Waals surface area contributed by atoms with Gasteiger partial charge >= 0.3 is 6.18 Å². The van der Waals surface area contributed by atoms with Gasteiger partial charge in [0, 0.05) is 13.1 Å². The molecule has 2 aromatic carbocycles. The van der Waals surface area contributed by atoms with Gasteiger partial charge in [-0.1, -0.05) is 18.2 Å². The van der Waals surface area contributed by atoms with Gasteiger partial charge in [0.15, 0.2) is 0 Å². The first kappa shape index (κ1) is 22.0. The van der Waals surface area contributed by atoms with E-state index in [9.17, 15) is 27.2 Å². The van der Waals surface area contributed by atoms with Gasteiger partial charge in [0.1, 0.15) is 11.5 Å². The van der Waals surface area contributed by atoms with Crippen molar-refractivity contribution in [3.63, 3.8) is 0 Å². The van der Waals surface area contributed by atoms with Crippen LogP contribution in [0.3, 0.4) is 0 Å². The Morgan fingerprint density at radius 3 is 2.16 bits per heavy atom. The maximum atomic E-state index is 13.5. The van der Waals surface area contributed by atoms with Crippen molar-refractivity contribution in [1.82, 2.24) is 4.90 Å². The van der Waals surface area contributed by atoms with Crippen LogP contribution in [0.15, 0.2) is 54.2 Å². The van der Waals surface area contributed by atoms with Gasteiger partial charge < -0.3 is 9.64 Å². The highest BCUT2D eigenvalue weighted by molar-refractivity contribution is 6.45. The molecular formula is C23H20F4N2O3. The van der Waals surface area contributed by atoms with Crippen LogP contribution in [0.5, 0.6) is 0 Å². The van der Waals surface area contributed by atoms with Crippen LogP contribution in [0.1, 0.15) is 25.0 Å². The topological polar surface area (TPSA) is 49.9 Å². The standard InChI is InChI=1S/C23H20F4N2O3/c1-13-11-28(12-14(2)32-13)20-19(15-6-8-17(24)9-7-15)21(30)29(22(20)31)18-5-3-4-16(10-18)23(25,26)27/h3-10,13-14H,11-12H2,1-2H3. The van der Waals surface area contributed by atoms with Gasteiger partial charge in [0.05, 0.1) is 29.0 Å². The van der Waals surface area contributed by atoms with Gasteiger partial charge in [-0.25, -0.2) is 9.29 Å². The molecule has 1 saturated heterocycles. The molecule has 4 rings (SSSR count). The Kier molecular flexibility index (Phi) is 5.54. The Bertz CT molecular complexity index is 1090. The molecule has 5 nitrogen and oxygen atoms in total. The smallest absolute Gasteiger partial charge is 0.372 e. The fraction of sp³-hybridized carbons (Fsp3) is 0.304. The number of amides is 2. The van der Waals surface area contributed by atoms with Crippen LogP contribution in [-0.4, -0.2) is 42.0 Å². The second kappa shape index (κ2) is 8.05. The van der Waals surface area contributed by atoms with E-state index in [1.807, 2.05) is 13.8 Å². The van der Waals surface area contributed by atoms with Gasteiger partial charge in [-0.2, -0.15) is 13.2 Å². The molecule has 168 valence electrons. The normalized spacial score (nSPS) is 22.2. The molecule has 9 heteroatoms. The number of hydrogen-bond donors (Lipinski definition) is 0. The van der Waals surface area contributed by atoms with E-state index in [1.54, 1.807) is 4.90 Å². The second-order valence-corrected chi connectivity index (χ2v) is 7.89. The molecule has 2 heterocycles. The molecule has 2 aliphatic rings. The maximum absolute atomic E-state index is 13.5. The van der Waals surface area contributed by atoms with Crippen LogP contribution in [0, 0.1) is 5.82 Å². The minimum absolute atomic E-state index is 0.0220. The number of benzene rings is 2. The second-order valence-electron chi connectivity index (χ2n) is 7.89. The number of carbonyl (C=O) groups is 2. The van der Waals surface area contributed by atoms with Gasteiger partial charge in [-0.05, 0) is 49.7 Å². The first-order chi connectivity index (χ1) is 15.1. The van der Waals surface area contributed by atoms with Crippen LogP contribution in [-0.2, 0) is 20.5 Å². The molecule has 1 fully saturated rings. The van der Waals surface area contributed by atoms with Gasteiger partial charge in [0.25, 0.3) is 11.8 Å². The van der Waals surface area contributed by atoms with E-state index >= 15 is 0 Å². The van der Waals surface area contributed by atoms with E-state index in [4.69, 9.17) is 4.74 Å². The van der Waals surface area contributed by atoms with E-state index in [0.717, 1.165) is 35.2 Å². The Morgan fingerprint density at radius 1 is 0.938 bits per heavy atom. The molecule has 0 bridgehead atoms. The van der Waals surface area contributed by atoms with Crippen LogP contribution < -0.4 is 4.90 Å². The zero-order chi connectivity index (χ0) is 23.2. The van der Waals surface area contributed by atoms with Crippen molar-refractivity contribution < 1.29 is 31.9 Å². The first-order valence-electron chi connectivity index (χ1n) is 10.0. The Balaban J connectivity index is 1.83. The third kappa shape index (κ3) is 4.00. The zero-order valence-electron chi connectivity index (χ0n) is 17.3. The number of anilines is 1. The number of imide groups is 1. The predicted molar refractivity (Wildman–Crippen MR) is 109 cm³/mol. The lowest BCUT2D eigenvalue weighted by atomic mass is 10.0. The lowest BCUT2D eigenvalue weighted by molar-refractivity contribution is -0.137. The fourth-order valence-corrected chi connectivity index (χ4v) is 4.10. The summed E-state index contributed by atoms with van der Waals surface area (Å²) < 4.78 is 58.9. The van der Waals surface area contributed by atoms with Crippen molar-refractivity contribution in [2.75, 3.05) is 18.0 Å². The largest absolute Gasteiger partial charge is 0.416 e. The van der Waals surface area contributed by atoms with E-state index < -0.39 is 29.4 Å². The third-order valence-electron chi connectivity index (χ3n) is 5.36. The van der Waals surface area contributed by atoms with Crippen molar-refractivity contribution in [2.24, 2.45) is 0 Å². The summed E-state index contributed by atoms with van der Waals surface area (Å²) in [6, 6.07) is 9.14. The number of rotatable bonds is 3. The molecule has 0 radical (unpaired) electrons. The summed E-state index contributed by atoms with van der Waals surface area (Å²) in [5, 5.41) is 0. The van der Waals surface area contributed by atoms with Gasteiger partial charge in [-0.15, -0.1) is 0 Å². The number of halogens is 4. The first-order valence-corrected chi connectivity index (χ1v) is 10.0. The van der Waals surface area contributed by atoms with Gasteiger partial charge in [-0.3, -0.25) is 9.59 Å². The van der Waals surface area contributed by atoms with E-state index in [1.165, 1.54) is 18.2 Å². The molecule has 0 spiro atoms. The molecule has 0 aromatic heterocycles. The highest BCUT2D eigenvalue weighted by atomic mass is 19.4. The van der Waals surface area contributed by atoms with E-state index in [2.05, 4.69) is 0 Å². The quantitative estimate of drug-likeness (QED) is 0.521. The predicted octanol–water partition coefficient (Wildman–Crippen LogP) is 4.24. The van der Waals surface area contributed by atoms with Crippen molar-refractivity contribution >= 4 is 23.1 Å². The summed E-state index contributed by atoms with van der Waals surface area (Å²) >= 11 is 0. The molecule has 2 aromatic rings. The maximum Gasteiger partial charge on any atom is 0.416 e. The molecule has 0 N–H and O–H groups in total. The summed E-state index contributed by atoms with van der Waals surface area (Å²) in [5.41, 5.74) is -0.754. The fourth-order valence-electron chi connectivity index (χ4n) is 4.10. The van der Waals surface area contributed by atoms with E-state index in [-0.39, 0.29) is 29.2 Å². The summed E-state index contributed by atoms with van der Waals surface area (Å²) in [5.74, 6) is -2.01. The number of ether oxygens (including phenoxy) is 1. The molecule has 0 aliphatic carbocycles. The monoisotopic (exact) mass is 448 g/mol. The minimum atomic E-state index is -4.63. The van der Waals surface area contributed by atoms with Gasteiger partial charge in [0.2, 0.25) is 0 Å². The average Bonchev–Trinajstić information content (AvgIpc) is 2.97. The molecule has 0 saturated carbocycles.